The minimum atomic E-state index is -0.492. The molecule has 2 aromatic carbocycles. The van der Waals surface area contributed by atoms with Gasteiger partial charge < -0.3 is 15.8 Å². The maximum absolute atomic E-state index is 13.8. The molecule has 0 saturated carbocycles. The molecule has 0 unspecified atom stereocenters. The fraction of sp³-hybridized carbons (Fsp3) is 0.188. The first-order chi connectivity index (χ1) is 10.2. The number of halogens is 1. The Balaban J connectivity index is 1.98. The molecule has 0 radical (unpaired) electrons. The summed E-state index contributed by atoms with van der Waals surface area (Å²) in [5, 5.41) is 2.67. The predicted molar refractivity (Wildman–Crippen MR) is 79.7 cm³/mol. The average Bonchev–Trinajstić information content (AvgIpc) is 2.48. The van der Waals surface area contributed by atoms with E-state index in [1.165, 1.54) is 6.07 Å². The van der Waals surface area contributed by atoms with Crippen LogP contribution in [0.1, 0.15) is 5.56 Å². The molecule has 0 atom stereocenters. The van der Waals surface area contributed by atoms with Gasteiger partial charge in [-0.15, -0.1) is 0 Å². The number of carbonyl (C=O) groups is 1. The number of ether oxygens (including phenoxy) is 1. The highest BCUT2D eigenvalue weighted by atomic mass is 19.1. The monoisotopic (exact) mass is 288 g/mol. The predicted octanol–water partition coefficient (Wildman–Crippen LogP) is 2.34. The van der Waals surface area contributed by atoms with Gasteiger partial charge in [-0.2, -0.15) is 0 Å². The summed E-state index contributed by atoms with van der Waals surface area (Å²) in [6.45, 7) is 0.128. The number of nitrogens with one attached hydrogen (secondary N) is 1. The number of nitrogens with two attached hydrogens (primary N) is 1. The molecule has 0 aliphatic rings. The van der Waals surface area contributed by atoms with Gasteiger partial charge >= 0.3 is 0 Å². The standard InChI is InChI=1S/C16H17FN2O2/c17-14-8-4-5-12(9-10-18)16(14)21-11-15(20)19-13-6-2-1-3-7-13/h1-8H,9-11,18H2,(H,19,20). The van der Waals surface area contributed by atoms with Gasteiger partial charge in [0.15, 0.2) is 18.2 Å². The molecule has 1 amide bonds. The number of rotatable bonds is 6. The van der Waals surface area contributed by atoms with E-state index in [0.29, 0.717) is 24.2 Å². The SMILES string of the molecule is NCCc1cccc(F)c1OCC(=O)Nc1ccccc1. The Morgan fingerprint density at radius 1 is 1.14 bits per heavy atom. The Morgan fingerprint density at radius 3 is 2.62 bits per heavy atom. The molecule has 0 fully saturated rings. The molecule has 2 rings (SSSR count). The van der Waals surface area contributed by atoms with E-state index in [2.05, 4.69) is 5.32 Å². The van der Waals surface area contributed by atoms with Crippen LogP contribution >= 0.6 is 0 Å². The number of hydrogen-bond donors (Lipinski definition) is 2. The van der Waals surface area contributed by atoms with Crippen molar-refractivity contribution in [2.75, 3.05) is 18.5 Å². The Bertz CT molecular complexity index is 602. The summed E-state index contributed by atoms with van der Waals surface area (Å²) in [6, 6.07) is 13.6. The zero-order valence-corrected chi connectivity index (χ0v) is 11.5. The summed E-state index contributed by atoms with van der Waals surface area (Å²) in [6.07, 6.45) is 0.493. The summed E-state index contributed by atoms with van der Waals surface area (Å²) in [4.78, 5) is 11.8. The fourth-order valence-corrected chi connectivity index (χ4v) is 1.92. The van der Waals surface area contributed by atoms with E-state index in [4.69, 9.17) is 10.5 Å². The van der Waals surface area contributed by atoms with Crippen molar-refractivity contribution in [3.05, 3.63) is 59.9 Å². The lowest BCUT2D eigenvalue weighted by Crippen LogP contribution is -2.21. The van der Waals surface area contributed by atoms with Crippen LogP contribution in [-0.4, -0.2) is 19.1 Å². The van der Waals surface area contributed by atoms with Crippen molar-refractivity contribution in [3.63, 3.8) is 0 Å². The van der Waals surface area contributed by atoms with Gasteiger partial charge in [-0.25, -0.2) is 4.39 Å². The van der Waals surface area contributed by atoms with E-state index in [0.717, 1.165) is 0 Å². The van der Waals surface area contributed by atoms with Crippen molar-refractivity contribution < 1.29 is 13.9 Å². The van der Waals surface area contributed by atoms with Crippen LogP contribution < -0.4 is 15.8 Å². The van der Waals surface area contributed by atoms with Gasteiger partial charge in [0.05, 0.1) is 0 Å². The molecule has 110 valence electrons. The third-order valence-corrected chi connectivity index (χ3v) is 2.87. The minimum Gasteiger partial charge on any atom is -0.480 e. The molecule has 0 saturated heterocycles. The average molecular weight is 288 g/mol. The lowest BCUT2D eigenvalue weighted by atomic mass is 10.1. The molecular weight excluding hydrogens is 271 g/mol. The highest BCUT2D eigenvalue weighted by molar-refractivity contribution is 5.91. The maximum Gasteiger partial charge on any atom is 0.262 e. The largest absolute Gasteiger partial charge is 0.480 e. The first-order valence-electron chi connectivity index (χ1n) is 6.66. The zero-order valence-electron chi connectivity index (χ0n) is 11.5. The highest BCUT2D eigenvalue weighted by Crippen LogP contribution is 2.23. The summed E-state index contributed by atoms with van der Waals surface area (Å²) >= 11 is 0. The van der Waals surface area contributed by atoms with Gasteiger partial charge in [-0.05, 0) is 36.7 Å². The summed E-state index contributed by atoms with van der Waals surface area (Å²) < 4.78 is 19.1. The van der Waals surface area contributed by atoms with E-state index in [1.54, 1.807) is 24.3 Å². The molecule has 0 heterocycles. The lowest BCUT2D eigenvalue weighted by molar-refractivity contribution is -0.118. The van der Waals surface area contributed by atoms with Crippen LogP contribution in [0.2, 0.25) is 0 Å². The van der Waals surface area contributed by atoms with Crippen LogP contribution in [-0.2, 0) is 11.2 Å². The summed E-state index contributed by atoms with van der Waals surface area (Å²) in [5.41, 5.74) is 6.81. The quantitative estimate of drug-likeness (QED) is 0.857. The van der Waals surface area contributed by atoms with Crippen molar-refractivity contribution >= 4 is 11.6 Å². The van der Waals surface area contributed by atoms with Crippen molar-refractivity contribution in [1.29, 1.82) is 0 Å². The smallest absolute Gasteiger partial charge is 0.262 e. The van der Waals surface area contributed by atoms with Crippen LogP contribution in [0.5, 0.6) is 5.75 Å². The Hall–Kier alpha value is -2.40. The van der Waals surface area contributed by atoms with Crippen molar-refractivity contribution in [1.82, 2.24) is 0 Å². The second kappa shape index (κ2) is 7.40. The number of benzene rings is 2. The summed E-state index contributed by atoms with van der Waals surface area (Å²) in [7, 11) is 0. The minimum absolute atomic E-state index is 0.0890. The van der Waals surface area contributed by atoms with Gasteiger partial charge in [-0.3, -0.25) is 4.79 Å². The number of amides is 1. The van der Waals surface area contributed by atoms with Crippen molar-refractivity contribution in [2.45, 2.75) is 6.42 Å². The van der Waals surface area contributed by atoms with E-state index in [-0.39, 0.29) is 18.3 Å². The second-order valence-corrected chi connectivity index (χ2v) is 4.47. The highest BCUT2D eigenvalue weighted by Gasteiger charge is 2.11. The van der Waals surface area contributed by atoms with E-state index >= 15 is 0 Å². The molecule has 2 aromatic rings. The van der Waals surface area contributed by atoms with Crippen molar-refractivity contribution in [2.24, 2.45) is 5.73 Å². The first-order valence-corrected chi connectivity index (χ1v) is 6.66. The van der Waals surface area contributed by atoms with Crippen LogP contribution in [0.15, 0.2) is 48.5 Å². The Morgan fingerprint density at radius 2 is 1.90 bits per heavy atom. The zero-order chi connectivity index (χ0) is 15.1. The van der Waals surface area contributed by atoms with Crippen molar-refractivity contribution in [3.8, 4) is 5.75 Å². The topological polar surface area (TPSA) is 64.3 Å². The first kappa shape index (κ1) is 15.0. The molecule has 0 aromatic heterocycles. The normalized spacial score (nSPS) is 10.2. The van der Waals surface area contributed by atoms with E-state index in [9.17, 15) is 9.18 Å². The lowest BCUT2D eigenvalue weighted by Gasteiger charge is -2.12. The van der Waals surface area contributed by atoms with Gasteiger partial charge in [-0.1, -0.05) is 30.3 Å². The van der Waals surface area contributed by atoms with Crippen LogP contribution in [0.3, 0.4) is 0 Å². The van der Waals surface area contributed by atoms with E-state index in [1.807, 2.05) is 18.2 Å². The van der Waals surface area contributed by atoms with Gasteiger partial charge in [0.1, 0.15) is 0 Å². The number of para-hydroxylation sites is 2. The summed E-state index contributed by atoms with van der Waals surface area (Å²) in [5.74, 6) is -0.747. The third kappa shape index (κ3) is 4.29. The third-order valence-electron chi connectivity index (χ3n) is 2.87. The Labute approximate surface area is 122 Å². The molecule has 4 nitrogen and oxygen atoms in total. The van der Waals surface area contributed by atoms with E-state index < -0.39 is 5.82 Å². The maximum atomic E-state index is 13.8. The van der Waals surface area contributed by atoms with Crippen LogP contribution in [0.4, 0.5) is 10.1 Å². The van der Waals surface area contributed by atoms with Gasteiger partial charge in [0, 0.05) is 5.69 Å². The second-order valence-electron chi connectivity index (χ2n) is 4.47. The number of carbonyl (C=O) groups excluding carboxylic acids is 1. The molecule has 21 heavy (non-hydrogen) atoms. The van der Waals surface area contributed by atoms with Gasteiger partial charge in [0.25, 0.3) is 5.91 Å². The molecule has 0 aliphatic carbocycles. The van der Waals surface area contributed by atoms with Crippen LogP contribution in [0.25, 0.3) is 0 Å². The number of anilines is 1. The van der Waals surface area contributed by atoms with Crippen LogP contribution in [0, 0.1) is 5.82 Å². The fourth-order valence-electron chi connectivity index (χ4n) is 1.92. The molecular formula is C16H17FN2O2. The molecule has 0 bridgehead atoms. The van der Waals surface area contributed by atoms with Gasteiger partial charge in [0.2, 0.25) is 0 Å². The molecule has 0 aliphatic heterocycles. The number of hydrogen-bond acceptors (Lipinski definition) is 3. The molecule has 5 heteroatoms. The molecule has 0 spiro atoms. The molecule has 3 N–H and O–H groups in total. The Kier molecular flexibility index (Phi) is 5.29.